The molecule has 1 aromatic carbocycles. The molecule has 0 radical (unpaired) electrons. The van der Waals surface area contributed by atoms with Crippen LogP contribution in [0.5, 0.6) is 0 Å². The van der Waals surface area contributed by atoms with Crippen LogP contribution in [0.3, 0.4) is 0 Å². The van der Waals surface area contributed by atoms with Gasteiger partial charge in [-0.2, -0.15) is 11.8 Å². The van der Waals surface area contributed by atoms with E-state index in [0.717, 1.165) is 5.56 Å². The Morgan fingerprint density at radius 2 is 2.22 bits per heavy atom. The summed E-state index contributed by atoms with van der Waals surface area (Å²) in [7, 11) is 0. The van der Waals surface area contributed by atoms with Crippen molar-refractivity contribution in [3.05, 3.63) is 34.9 Å². The van der Waals surface area contributed by atoms with Gasteiger partial charge in [0.25, 0.3) is 0 Å². The Morgan fingerprint density at radius 1 is 1.50 bits per heavy atom. The molecule has 0 spiro atoms. The molecule has 0 unspecified atom stereocenters. The van der Waals surface area contributed by atoms with Gasteiger partial charge in [0, 0.05) is 23.5 Å². The standard InChI is InChI=1S/C12H14ClNO3S/c1-8(15)14-11(12(16)17)7-18-6-9-3-2-4-10(13)5-9/h2-5,11H,6-7H2,1H3,(H,14,15)(H,16,17)/t11-/m0/s1. The molecular formula is C12H14ClNO3S. The number of halogens is 1. The van der Waals surface area contributed by atoms with Crippen molar-refractivity contribution >= 4 is 35.2 Å². The van der Waals surface area contributed by atoms with Crippen LogP contribution in [0.15, 0.2) is 24.3 Å². The lowest BCUT2D eigenvalue weighted by atomic mass is 10.2. The molecule has 0 saturated heterocycles. The van der Waals surface area contributed by atoms with Crippen LogP contribution in [0.4, 0.5) is 0 Å². The molecule has 0 bridgehead atoms. The Balaban J connectivity index is 2.43. The first-order valence-corrected chi connectivity index (χ1v) is 6.84. The highest BCUT2D eigenvalue weighted by Gasteiger charge is 2.17. The zero-order valence-electron chi connectivity index (χ0n) is 9.85. The topological polar surface area (TPSA) is 66.4 Å². The first-order chi connectivity index (χ1) is 8.49. The van der Waals surface area contributed by atoms with E-state index in [2.05, 4.69) is 5.32 Å². The maximum absolute atomic E-state index is 10.9. The molecule has 1 atom stereocenters. The van der Waals surface area contributed by atoms with E-state index in [-0.39, 0.29) is 5.91 Å². The van der Waals surface area contributed by atoms with Gasteiger partial charge < -0.3 is 10.4 Å². The third-order valence-corrected chi connectivity index (χ3v) is 3.46. The second-order valence-corrected chi connectivity index (χ2v) is 5.20. The van der Waals surface area contributed by atoms with E-state index in [1.807, 2.05) is 18.2 Å². The number of carbonyl (C=O) groups excluding carboxylic acids is 1. The lowest BCUT2D eigenvalue weighted by molar-refractivity contribution is -0.140. The molecule has 4 nitrogen and oxygen atoms in total. The number of amides is 1. The number of carbonyl (C=O) groups is 2. The highest BCUT2D eigenvalue weighted by molar-refractivity contribution is 7.98. The average Bonchev–Trinajstić information content (AvgIpc) is 2.27. The lowest BCUT2D eigenvalue weighted by Crippen LogP contribution is -2.41. The first-order valence-electron chi connectivity index (χ1n) is 5.31. The van der Waals surface area contributed by atoms with E-state index < -0.39 is 12.0 Å². The molecule has 0 aliphatic rings. The molecule has 0 saturated carbocycles. The van der Waals surface area contributed by atoms with Gasteiger partial charge in [-0.1, -0.05) is 23.7 Å². The van der Waals surface area contributed by atoms with Crippen molar-refractivity contribution in [2.75, 3.05) is 5.75 Å². The summed E-state index contributed by atoms with van der Waals surface area (Å²) >= 11 is 7.28. The molecule has 98 valence electrons. The summed E-state index contributed by atoms with van der Waals surface area (Å²) in [4.78, 5) is 21.7. The van der Waals surface area contributed by atoms with Crippen molar-refractivity contribution < 1.29 is 14.7 Å². The number of benzene rings is 1. The lowest BCUT2D eigenvalue weighted by Gasteiger charge is -2.12. The van der Waals surface area contributed by atoms with Crippen LogP contribution < -0.4 is 5.32 Å². The molecule has 0 aliphatic heterocycles. The Hall–Kier alpha value is -1.20. The molecule has 0 aliphatic carbocycles. The quantitative estimate of drug-likeness (QED) is 0.841. The number of carboxylic acids is 1. The Kier molecular flexibility index (Phi) is 6.01. The second-order valence-electron chi connectivity index (χ2n) is 3.74. The molecule has 1 rings (SSSR count). The van der Waals surface area contributed by atoms with Crippen molar-refractivity contribution in [2.45, 2.75) is 18.7 Å². The highest BCUT2D eigenvalue weighted by Crippen LogP contribution is 2.17. The van der Waals surface area contributed by atoms with Crippen molar-refractivity contribution in [3.63, 3.8) is 0 Å². The van der Waals surface area contributed by atoms with Gasteiger partial charge in [0.05, 0.1) is 0 Å². The third kappa shape index (κ3) is 5.42. The zero-order chi connectivity index (χ0) is 13.5. The smallest absolute Gasteiger partial charge is 0.327 e. The molecule has 0 aromatic heterocycles. The summed E-state index contributed by atoms with van der Waals surface area (Å²) in [6.45, 7) is 1.30. The van der Waals surface area contributed by atoms with Crippen molar-refractivity contribution in [1.29, 1.82) is 0 Å². The number of aliphatic carboxylic acids is 1. The van der Waals surface area contributed by atoms with Gasteiger partial charge in [0.15, 0.2) is 0 Å². The third-order valence-electron chi connectivity index (χ3n) is 2.12. The number of hydrogen-bond acceptors (Lipinski definition) is 3. The largest absolute Gasteiger partial charge is 0.480 e. The van der Waals surface area contributed by atoms with Crippen LogP contribution in [0, 0.1) is 0 Å². The molecule has 2 N–H and O–H groups in total. The molecule has 1 amide bonds. The molecular weight excluding hydrogens is 274 g/mol. The Labute approximate surface area is 115 Å². The van der Waals surface area contributed by atoms with Crippen LogP contribution in [0.1, 0.15) is 12.5 Å². The SMILES string of the molecule is CC(=O)N[C@@H](CSCc1cccc(Cl)c1)C(=O)O. The minimum Gasteiger partial charge on any atom is -0.480 e. The summed E-state index contributed by atoms with van der Waals surface area (Å²) in [5.74, 6) is -0.389. The Morgan fingerprint density at radius 3 is 2.78 bits per heavy atom. The fraction of sp³-hybridized carbons (Fsp3) is 0.333. The van der Waals surface area contributed by atoms with E-state index in [1.165, 1.54) is 18.7 Å². The monoisotopic (exact) mass is 287 g/mol. The molecule has 1 aromatic rings. The molecule has 18 heavy (non-hydrogen) atoms. The minimum absolute atomic E-state index is 0.321. The van der Waals surface area contributed by atoms with Crippen LogP contribution in [0.25, 0.3) is 0 Å². The number of carboxylic acid groups (broad SMARTS) is 1. The second kappa shape index (κ2) is 7.28. The maximum atomic E-state index is 10.9. The molecule has 0 fully saturated rings. The average molecular weight is 288 g/mol. The van der Waals surface area contributed by atoms with Gasteiger partial charge in [-0.05, 0) is 17.7 Å². The summed E-state index contributed by atoms with van der Waals surface area (Å²) in [5, 5.41) is 12.0. The predicted octanol–water partition coefficient (Wildman–Crippen LogP) is 2.16. The number of thioether (sulfide) groups is 1. The van der Waals surface area contributed by atoms with Crippen LogP contribution in [-0.2, 0) is 15.3 Å². The summed E-state index contributed by atoms with van der Waals surface area (Å²) in [6.07, 6.45) is 0. The van der Waals surface area contributed by atoms with E-state index in [9.17, 15) is 9.59 Å². The van der Waals surface area contributed by atoms with Crippen molar-refractivity contribution in [2.24, 2.45) is 0 Å². The van der Waals surface area contributed by atoms with Gasteiger partial charge in [-0.25, -0.2) is 4.79 Å². The van der Waals surface area contributed by atoms with E-state index in [1.54, 1.807) is 6.07 Å². The number of rotatable bonds is 6. The fourth-order valence-electron chi connectivity index (χ4n) is 1.34. The van der Waals surface area contributed by atoms with Crippen LogP contribution in [0.2, 0.25) is 5.02 Å². The highest BCUT2D eigenvalue weighted by atomic mass is 35.5. The summed E-state index contributed by atoms with van der Waals surface area (Å²) < 4.78 is 0. The molecule has 0 heterocycles. The normalized spacial score (nSPS) is 11.9. The number of nitrogens with one attached hydrogen (secondary N) is 1. The first kappa shape index (κ1) is 14.9. The Bertz CT molecular complexity index is 439. The van der Waals surface area contributed by atoms with E-state index >= 15 is 0 Å². The number of hydrogen-bond donors (Lipinski definition) is 2. The van der Waals surface area contributed by atoms with Crippen molar-refractivity contribution in [1.82, 2.24) is 5.32 Å². The van der Waals surface area contributed by atoms with E-state index in [4.69, 9.17) is 16.7 Å². The summed E-state index contributed by atoms with van der Waals surface area (Å²) in [6, 6.07) is 6.54. The van der Waals surface area contributed by atoms with Gasteiger partial charge in [0.2, 0.25) is 5.91 Å². The minimum atomic E-state index is -1.02. The predicted molar refractivity (Wildman–Crippen MR) is 72.9 cm³/mol. The fourth-order valence-corrected chi connectivity index (χ4v) is 2.55. The van der Waals surface area contributed by atoms with Crippen LogP contribution in [-0.4, -0.2) is 28.8 Å². The summed E-state index contributed by atoms with van der Waals surface area (Å²) in [5.41, 5.74) is 1.03. The van der Waals surface area contributed by atoms with Gasteiger partial charge in [0.1, 0.15) is 6.04 Å². The zero-order valence-corrected chi connectivity index (χ0v) is 11.4. The van der Waals surface area contributed by atoms with Gasteiger partial charge >= 0.3 is 5.97 Å². The maximum Gasteiger partial charge on any atom is 0.327 e. The van der Waals surface area contributed by atoms with Gasteiger partial charge in [-0.15, -0.1) is 0 Å². The molecule has 6 heteroatoms. The van der Waals surface area contributed by atoms with Crippen LogP contribution >= 0.6 is 23.4 Å². The van der Waals surface area contributed by atoms with E-state index in [0.29, 0.717) is 16.5 Å². The van der Waals surface area contributed by atoms with Crippen molar-refractivity contribution in [3.8, 4) is 0 Å². The van der Waals surface area contributed by atoms with Gasteiger partial charge in [-0.3, -0.25) is 4.79 Å².